The lowest BCUT2D eigenvalue weighted by Gasteiger charge is -2.49. The fraction of sp³-hybridized carbons (Fsp3) is 0.458. The third-order valence-electron chi connectivity index (χ3n) is 7.15. The third-order valence-corrected chi connectivity index (χ3v) is 7.15. The zero-order valence-electron chi connectivity index (χ0n) is 17.9. The summed E-state index contributed by atoms with van der Waals surface area (Å²) >= 11 is 0. The minimum atomic E-state index is -2.49. The van der Waals surface area contributed by atoms with Crippen LogP contribution in [0.2, 0.25) is 0 Å². The van der Waals surface area contributed by atoms with Gasteiger partial charge in [0, 0.05) is 17.4 Å². The number of phenolic OH excluding ortho intramolecular Hbond substituents is 1. The summed E-state index contributed by atoms with van der Waals surface area (Å²) < 4.78 is 0. The summed E-state index contributed by atoms with van der Waals surface area (Å²) in [5, 5.41) is 44.0. The Morgan fingerprint density at radius 3 is 2.39 bits per heavy atom. The van der Waals surface area contributed by atoms with Gasteiger partial charge in [0.25, 0.3) is 0 Å². The van der Waals surface area contributed by atoms with Gasteiger partial charge in [-0.15, -0.1) is 0 Å². The van der Waals surface area contributed by atoms with Gasteiger partial charge in [-0.25, -0.2) is 0 Å². The van der Waals surface area contributed by atoms with E-state index >= 15 is 0 Å². The lowest BCUT2D eigenvalue weighted by Crippen LogP contribution is -2.60. The predicted octanol–water partition coefficient (Wildman–Crippen LogP) is 2.87. The van der Waals surface area contributed by atoms with Gasteiger partial charge in [-0.1, -0.05) is 26.0 Å². The molecule has 0 spiro atoms. The van der Waals surface area contributed by atoms with Crippen molar-refractivity contribution in [3.63, 3.8) is 0 Å². The van der Waals surface area contributed by atoms with Gasteiger partial charge in [-0.3, -0.25) is 14.4 Å². The van der Waals surface area contributed by atoms with Crippen LogP contribution in [0.4, 0.5) is 0 Å². The zero-order valence-corrected chi connectivity index (χ0v) is 17.9. The average Bonchev–Trinajstić information content (AvgIpc) is 2.67. The number of aryl methyl sites for hydroxylation is 1. The second-order valence-corrected chi connectivity index (χ2v) is 9.28. The molecule has 0 aromatic heterocycles. The largest absolute Gasteiger partial charge is 0.511 e. The van der Waals surface area contributed by atoms with Gasteiger partial charge in [0.2, 0.25) is 5.78 Å². The average molecular weight is 426 g/mol. The summed E-state index contributed by atoms with van der Waals surface area (Å²) in [6.45, 7) is 6.36. The maximum Gasteiger partial charge on any atom is 0.209 e. The van der Waals surface area contributed by atoms with E-state index in [2.05, 4.69) is 0 Å². The van der Waals surface area contributed by atoms with Crippen molar-refractivity contribution in [3.8, 4) is 5.75 Å². The number of benzene rings is 1. The molecule has 0 amide bonds. The number of carbonyl (C=O) groups excluding carboxylic acids is 3. The molecule has 1 aromatic carbocycles. The Kier molecular flexibility index (Phi) is 4.66. The topological polar surface area (TPSA) is 132 Å². The number of hydrogen-bond donors (Lipinski definition) is 4. The van der Waals surface area contributed by atoms with Gasteiger partial charge < -0.3 is 20.4 Å². The van der Waals surface area contributed by atoms with Crippen LogP contribution in [0, 0.1) is 30.6 Å². The molecule has 3 aliphatic carbocycles. The molecular formula is C24H26O7. The number of allylic oxidation sites excluding steroid dienone is 2. The van der Waals surface area contributed by atoms with E-state index in [1.165, 1.54) is 0 Å². The Morgan fingerprint density at radius 1 is 1.16 bits per heavy atom. The molecule has 0 saturated carbocycles. The number of aromatic hydroxyl groups is 1. The first kappa shape index (κ1) is 21.3. The quantitative estimate of drug-likeness (QED) is 0.535. The lowest BCUT2D eigenvalue weighted by atomic mass is 9.55. The number of phenols is 1. The summed E-state index contributed by atoms with van der Waals surface area (Å²) in [6, 6.07) is 3.47. The molecule has 164 valence electrons. The van der Waals surface area contributed by atoms with Gasteiger partial charge in [0.05, 0.1) is 5.56 Å². The normalized spacial score (nSPS) is 30.3. The van der Waals surface area contributed by atoms with E-state index in [9.17, 15) is 34.8 Å². The number of ketones is 3. The summed E-state index contributed by atoms with van der Waals surface area (Å²) in [5.41, 5.74) is -1.93. The maximum absolute atomic E-state index is 13.3. The molecule has 0 aliphatic heterocycles. The van der Waals surface area contributed by atoms with Crippen molar-refractivity contribution in [2.45, 2.75) is 46.1 Å². The third kappa shape index (κ3) is 2.65. The van der Waals surface area contributed by atoms with E-state index < -0.39 is 52.0 Å². The maximum atomic E-state index is 13.3. The number of aliphatic hydroxyl groups excluding tert-OH is 2. The standard InChI is InChI=1S/C24H26O7/c1-9(2)15-14-8-13-7-12-6-5-10(3)19(26)17(12)21(28)18(13)23(30)24(14,31)22(29)16(11(4)25)20(15)27/h5-6,9,13-15,26-27,30-31H,7-8H2,1-4H3/t13-,14-,15?,24+/m1/s1. The van der Waals surface area contributed by atoms with E-state index in [1.54, 1.807) is 32.9 Å². The molecule has 3 aliphatic rings. The van der Waals surface area contributed by atoms with Gasteiger partial charge >= 0.3 is 0 Å². The lowest BCUT2D eigenvalue weighted by molar-refractivity contribution is -0.149. The van der Waals surface area contributed by atoms with Crippen molar-refractivity contribution in [2.75, 3.05) is 0 Å². The van der Waals surface area contributed by atoms with Gasteiger partial charge in [0.15, 0.2) is 17.2 Å². The Hall–Kier alpha value is -2.93. The molecule has 0 saturated heterocycles. The Balaban J connectivity index is 1.97. The van der Waals surface area contributed by atoms with Crippen LogP contribution in [0.3, 0.4) is 0 Å². The molecule has 1 unspecified atom stereocenters. The monoisotopic (exact) mass is 426 g/mol. The highest BCUT2D eigenvalue weighted by Crippen LogP contribution is 2.54. The molecule has 4 rings (SSSR count). The number of hydrogen-bond acceptors (Lipinski definition) is 7. The zero-order chi connectivity index (χ0) is 23.0. The summed E-state index contributed by atoms with van der Waals surface area (Å²) in [6.07, 6.45) is 0.503. The second kappa shape index (κ2) is 6.79. The van der Waals surface area contributed by atoms with Crippen LogP contribution < -0.4 is 0 Å². The van der Waals surface area contributed by atoms with Crippen molar-refractivity contribution < 1.29 is 34.8 Å². The fourth-order valence-corrected chi connectivity index (χ4v) is 5.68. The highest BCUT2D eigenvalue weighted by molar-refractivity contribution is 6.25. The van der Waals surface area contributed by atoms with Crippen molar-refractivity contribution >= 4 is 17.3 Å². The molecule has 7 nitrogen and oxygen atoms in total. The number of Topliss-reactive ketones (excluding diaryl/α,β-unsaturated/α-hetero) is 3. The van der Waals surface area contributed by atoms with Gasteiger partial charge in [0.1, 0.15) is 22.8 Å². The van der Waals surface area contributed by atoms with Crippen LogP contribution in [0.15, 0.2) is 34.8 Å². The number of rotatable bonds is 2. The molecule has 7 heteroatoms. The van der Waals surface area contributed by atoms with Crippen LogP contribution in [-0.2, 0) is 16.0 Å². The van der Waals surface area contributed by atoms with Crippen molar-refractivity contribution in [2.24, 2.45) is 23.7 Å². The molecular weight excluding hydrogens is 400 g/mol. The highest BCUT2D eigenvalue weighted by Gasteiger charge is 2.62. The van der Waals surface area contributed by atoms with Crippen molar-refractivity contribution in [3.05, 3.63) is 51.5 Å². The number of carbonyl (C=O) groups is 3. The van der Waals surface area contributed by atoms with E-state index in [-0.39, 0.29) is 35.0 Å². The minimum absolute atomic E-state index is 0.0636. The minimum Gasteiger partial charge on any atom is -0.511 e. The molecule has 1 aromatic rings. The number of aliphatic hydroxyl groups is 3. The first-order valence-corrected chi connectivity index (χ1v) is 10.4. The summed E-state index contributed by atoms with van der Waals surface area (Å²) in [7, 11) is 0. The van der Waals surface area contributed by atoms with Gasteiger partial charge in [-0.05, 0) is 49.7 Å². The summed E-state index contributed by atoms with van der Waals surface area (Å²) in [4.78, 5) is 38.7. The second-order valence-electron chi connectivity index (χ2n) is 9.28. The van der Waals surface area contributed by atoms with E-state index in [0.717, 1.165) is 6.92 Å². The predicted molar refractivity (Wildman–Crippen MR) is 111 cm³/mol. The smallest absolute Gasteiger partial charge is 0.209 e. The molecule has 4 atom stereocenters. The molecule has 0 heterocycles. The Morgan fingerprint density at radius 2 is 1.81 bits per heavy atom. The van der Waals surface area contributed by atoms with Crippen LogP contribution >= 0.6 is 0 Å². The summed E-state index contributed by atoms with van der Waals surface area (Å²) in [5.74, 6) is -6.13. The highest BCUT2D eigenvalue weighted by atomic mass is 16.3. The SMILES string of the molecule is CC(=O)C1=C(O)C(C(C)C)[C@H]2C[C@H]3Cc4ccc(C)c(O)c4C(=O)C3=C(O)[C@@]2(O)C1=O. The molecule has 31 heavy (non-hydrogen) atoms. The van der Waals surface area contributed by atoms with E-state index in [0.29, 0.717) is 17.5 Å². The van der Waals surface area contributed by atoms with Crippen LogP contribution in [0.5, 0.6) is 5.75 Å². The van der Waals surface area contributed by atoms with Crippen LogP contribution in [0.25, 0.3) is 0 Å². The molecule has 4 N–H and O–H groups in total. The first-order valence-electron chi connectivity index (χ1n) is 10.4. The van der Waals surface area contributed by atoms with Crippen LogP contribution in [-0.4, -0.2) is 43.4 Å². The van der Waals surface area contributed by atoms with Crippen molar-refractivity contribution in [1.29, 1.82) is 0 Å². The molecule has 0 bridgehead atoms. The number of fused-ring (bicyclic) bond motifs is 3. The van der Waals surface area contributed by atoms with E-state index in [4.69, 9.17) is 0 Å². The van der Waals surface area contributed by atoms with Crippen molar-refractivity contribution in [1.82, 2.24) is 0 Å². The fourth-order valence-electron chi connectivity index (χ4n) is 5.68. The molecule has 0 radical (unpaired) electrons. The Bertz CT molecular complexity index is 1110. The first-order chi connectivity index (χ1) is 14.4. The Labute approximate surface area is 179 Å². The van der Waals surface area contributed by atoms with Gasteiger partial charge in [-0.2, -0.15) is 0 Å². The van der Waals surface area contributed by atoms with Crippen LogP contribution in [0.1, 0.15) is 48.7 Å². The van der Waals surface area contributed by atoms with E-state index in [1.807, 2.05) is 0 Å². The molecule has 0 fully saturated rings.